The van der Waals surface area contributed by atoms with E-state index in [1.165, 1.54) is 0 Å². The van der Waals surface area contributed by atoms with Gasteiger partial charge in [-0.25, -0.2) is 0 Å². The van der Waals surface area contributed by atoms with Crippen molar-refractivity contribution in [3.63, 3.8) is 0 Å². The molecule has 22 heavy (non-hydrogen) atoms. The molecule has 1 atom stereocenters. The van der Waals surface area contributed by atoms with Crippen molar-refractivity contribution in [2.75, 3.05) is 19.8 Å². The van der Waals surface area contributed by atoms with Crippen LogP contribution in [0.3, 0.4) is 0 Å². The van der Waals surface area contributed by atoms with Gasteiger partial charge in [0.25, 0.3) is 0 Å². The number of hydrogen-bond donors (Lipinski definition) is 1. The summed E-state index contributed by atoms with van der Waals surface area (Å²) < 4.78 is 7.36. The summed E-state index contributed by atoms with van der Waals surface area (Å²) in [6.07, 6.45) is 4.11. The van der Waals surface area contributed by atoms with Gasteiger partial charge < -0.3 is 9.64 Å². The lowest BCUT2D eigenvalue weighted by atomic mass is 10.1. The Balaban J connectivity index is 1.67. The summed E-state index contributed by atoms with van der Waals surface area (Å²) in [6.45, 7) is 6.23. The van der Waals surface area contributed by atoms with Gasteiger partial charge in [-0.3, -0.25) is 14.6 Å². The molecule has 2 aromatic rings. The lowest BCUT2D eigenvalue weighted by Crippen LogP contribution is -2.44. The van der Waals surface area contributed by atoms with E-state index < -0.39 is 0 Å². The first kappa shape index (κ1) is 14.8. The van der Waals surface area contributed by atoms with Gasteiger partial charge in [0.1, 0.15) is 0 Å². The molecule has 0 aromatic carbocycles. The molecule has 0 unspecified atom stereocenters. The highest BCUT2D eigenvalue weighted by Crippen LogP contribution is 2.25. The predicted molar refractivity (Wildman–Crippen MR) is 80.2 cm³/mol. The largest absolute Gasteiger partial charge is 0.377 e. The molecular weight excluding hydrogens is 282 g/mol. The zero-order chi connectivity index (χ0) is 15.5. The van der Waals surface area contributed by atoms with Crippen molar-refractivity contribution in [1.82, 2.24) is 24.9 Å². The zero-order valence-corrected chi connectivity index (χ0v) is 13.0. The maximum Gasteiger partial charge on any atom is 0.225 e. The number of H-pyrrole nitrogens is 1. The van der Waals surface area contributed by atoms with Crippen LogP contribution in [-0.2, 0) is 16.1 Å². The number of aryl methyl sites for hydroxylation is 3. The monoisotopic (exact) mass is 303 g/mol. The van der Waals surface area contributed by atoms with Crippen LogP contribution in [0, 0.1) is 13.8 Å². The molecule has 0 aliphatic carbocycles. The van der Waals surface area contributed by atoms with Crippen molar-refractivity contribution in [3.05, 3.63) is 35.4 Å². The van der Waals surface area contributed by atoms with Gasteiger partial charge in [-0.15, -0.1) is 0 Å². The first-order valence-electron chi connectivity index (χ1n) is 7.52. The summed E-state index contributed by atoms with van der Waals surface area (Å²) in [7, 11) is 0. The molecular formula is C15H21N5O2. The Kier molecular flexibility index (Phi) is 4.24. The van der Waals surface area contributed by atoms with E-state index in [0.717, 1.165) is 17.0 Å². The molecule has 7 heteroatoms. The molecule has 0 bridgehead atoms. The molecule has 1 amide bonds. The highest BCUT2D eigenvalue weighted by Gasteiger charge is 2.30. The number of ether oxygens (including phenoxy) is 1. The lowest BCUT2D eigenvalue weighted by molar-refractivity contribution is -0.140. The third-order valence-electron chi connectivity index (χ3n) is 3.98. The number of rotatable bonds is 4. The van der Waals surface area contributed by atoms with Gasteiger partial charge in [0, 0.05) is 25.7 Å². The van der Waals surface area contributed by atoms with Crippen molar-refractivity contribution in [3.8, 4) is 0 Å². The minimum Gasteiger partial charge on any atom is -0.377 e. The van der Waals surface area contributed by atoms with Crippen LogP contribution in [-0.4, -0.2) is 50.5 Å². The number of nitrogens with one attached hydrogen (secondary N) is 1. The van der Waals surface area contributed by atoms with Gasteiger partial charge in [0.2, 0.25) is 5.91 Å². The Bertz CT molecular complexity index is 648. The highest BCUT2D eigenvalue weighted by molar-refractivity contribution is 5.76. The number of aromatic nitrogens is 4. The molecule has 7 nitrogen and oxygen atoms in total. The minimum atomic E-state index is -0.0805. The Hall–Kier alpha value is -2.15. The van der Waals surface area contributed by atoms with Crippen molar-refractivity contribution in [2.45, 2.75) is 32.9 Å². The quantitative estimate of drug-likeness (QED) is 0.921. The molecule has 1 N–H and O–H groups in total. The summed E-state index contributed by atoms with van der Waals surface area (Å²) in [5.41, 5.74) is 2.98. The number of nitrogens with zero attached hydrogens (tertiary/aromatic N) is 4. The number of hydrogen-bond acceptors (Lipinski definition) is 4. The minimum absolute atomic E-state index is 0.0805. The zero-order valence-electron chi connectivity index (χ0n) is 13.0. The molecule has 3 heterocycles. The van der Waals surface area contributed by atoms with E-state index in [1.54, 1.807) is 6.20 Å². The second-order valence-electron chi connectivity index (χ2n) is 5.61. The summed E-state index contributed by atoms with van der Waals surface area (Å²) >= 11 is 0. The molecule has 3 rings (SSSR count). The summed E-state index contributed by atoms with van der Waals surface area (Å²) in [6, 6.07) is 1.86. The molecule has 1 saturated heterocycles. The van der Waals surface area contributed by atoms with Crippen molar-refractivity contribution < 1.29 is 9.53 Å². The Morgan fingerprint density at radius 3 is 3.05 bits per heavy atom. The Labute approximate surface area is 129 Å². The van der Waals surface area contributed by atoms with Crippen molar-refractivity contribution >= 4 is 5.91 Å². The van der Waals surface area contributed by atoms with Gasteiger partial charge in [-0.05, 0) is 25.5 Å². The van der Waals surface area contributed by atoms with E-state index >= 15 is 0 Å². The van der Waals surface area contributed by atoms with E-state index in [9.17, 15) is 4.79 Å². The van der Waals surface area contributed by atoms with Crippen LogP contribution < -0.4 is 0 Å². The van der Waals surface area contributed by atoms with Gasteiger partial charge in [-0.2, -0.15) is 10.2 Å². The van der Waals surface area contributed by atoms with Crippen LogP contribution in [0.1, 0.15) is 29.4 Å². The van der Waals surface area contributed by atoms with Crippen LogP contribution in [0.5, 0.6) is 0 Å². The molecule has 118 valence electrons. The maximum atomic E-state index is 12.6. The highest BCUT2D eigenvalue weighted by atomic mass is 16.5. The fourth-order valence-corrected chi connectivity index (χ4v) is 2.78. The first-order valence-corrected chi connectivity index (χ1v) is 7.52. The Morgan fingerprint density at radius 2 is 2.36 bits per heavy atom. The smallest absolute Gasteiger partial charge is 0.225 e. The van der Waals surface area contributed by atoms with Gasteiger partial charge in [0.05, 0.1) is 36.8 Å². The molecule has 1 fully saturated rings. The molecule has 1 aliphatic rings. The van der Waals surface area contributed by atoms with E-state index in [0.29, 0.717) is 32.7 Å². The van der Waals surface area contributed by atoms with Crippen LogP contribution in [0.2, 0.25) is 0 Å². The van der Waals surface area contributed by atoms with E-state index in [2.05, 4.69) is 15.3 Å². The number of carbonyl (C=O) groups is 1. The number of carbonyl (C=O) groups excluding carboxylic acids is 1. The van der Waals surface area contributed by atoms with E-state index in [4.69, 9.17) is 4.74 Å². The summed E-state index contributed by atoms with van der Waals surface area (Å²) in [5.74, 6) is 0.121. The van der Waals surface area contributed by atoms with E-state index in [-0.39, 0.29) is 11.9 Å². The second-order valence-corrected chi connectivity index (χ2v) is 5.61. The molecule has 0 radical (unpaired) electrons. The first-order chi connectivity index (χ1) is 10.6. The van der Waals surface area contributed by atoms with Crippen molar-refractivity contribution in [2.24, 2.45) is 0 Å². The predicted octanol–water partition coefficient (Wildman–Crippen LogP) is 1.21. The molecule has 1 aliphatic heterocycles. The number of morpholine rings is 1. The van der Waals surface area contributed by atoms with Crippen LogP contribution in [0.15, 0.2) is 18.5 Å². The van der Waals surface area contributed by atoms with Gasteiger partial charge in [0.15, 0.2) is 0 Å². The number of aromatic amines is 1. The van der Waals surface area contributed by atoms with Gasteiger partial charge in [-0.1, -0.05) is 0 Å². The fraction of sp³-hybridized carbons (Fsp3) is 0.533. The lowest BCUT2D eigenvalue weighted by Gasteiger charge is -2.35. The second kappa shape index (κ2) is 6.31. The van der Waals surface area contributed by atoms with Crippen LogP contribution in [0.25, 0.3) is 0 Å². The third-order valence-corrected chi connectivity index (χ3v) is 3.98. The standard InChI is InChI=1S/C15H21N5O2/c1-11-9-16-17-15(11)13-10-22-8-7-20(13)14(21)4-6-19-5-3-12(2)18-19/h3,5,9,13H,4,6-8,10H2,1-2H3,(H,16,17)/t13-/m1/s1. The topological polar surface area (TPSA) is 76.0 Å². The summed E-state index contributed by atoms with van der Waals surface area (Å²) in [4.78, 5) is 14.5. The Morgan fingerprint density at radius 1 is 1.50 bits per heavy atom. The molecule has 0 spiro atoms. The average Bonchev–Trinajstić information content (AvgIpc) is 3.13. The summed E-state index contributed by atoms with van der Waals surface area (Å²) in [5, 5.41) is 11.4. The number of amides is 1. The third kappa shape index (κ3) is 3.04. The molecule has 2 aromatic heterocycles. The molecule has 0 saturated carbocycles. The van der Waals surface area contributed by atoms with Crippen LogP contribution >= 0.6 is 0 Å². The van der Waals surface area contributed by atoms with E-state index in [1.807, 2.05) is 35.7 Å². The SMILES string of the molecule is Cc1ccn(CCC(=O)N2CCOC[C@@H]2c2[nH]ncc2C)n1. The van der Waals surface area contributed by atoms with Crippen LogP contribution in [0.4, 0.5) is 0 Å². The van der Waals surface area contributed by atoms with Gasteiger partial charge >= 0.3 is 0 Å². The fourth-order valence-electron chi connectivity index (χ4n) is 2.78. The van der Waals surface area contributed by atoms with Crippen molar-refractivity contribution in [1.29, 1.82) is 0 Å². The average molecular weight is 303 g/mol. The normalized spacial score (nSPS) is 18.6. The maximum absolute atomic E-state index is 12.6.